The third kappa shape index (κ3) is 3.96. The third-order valence-corrected chi connectivity index (χ3v) is 6.73. The fourth-order valence-corrected chi connectivity index (χ4v) is 5.26. The molecule has 2 aromatic heterocycles. The smallest absolute Gasteiger partial charge is 0.266 e. The van der Waals surface area contributed by atoms with E-state index < -0.39 is 0 Å². The molecule has 1 aromatic carbocycles. The van der Waals surface area contributed by atoms with Crippen molar-refractivity contribution in [3.05, 3.63) is 68.7 Å². The Balaban J connectivity index is 1.67. The van der Waals surface area contributed by atoms with Gasteiger partial charge in [0.2, 0.25) is 0 Å². The van der Waals surface area contributed by atoms with Gasteiger partial charge in [-0.15, -0.1) is 22.7 Å². The van der Waals surface area contributed by atoms with Crippen LogP contribution in [0.25, 0.3) is 0 Å². The molecule has 0 saturated carbocycles. The molecule has 2 heterocycles. The topological polar surface area (TPSA) is 58.2 Å². The summed E-state index contributed by atoms with van der Waals surface area (Å²) < 4.78 is 0. The molecule has 0 unspecified atom stereocenters. The van der Waals surface area contributed by atoms with Gasteiger partial charge in [0.1, 0.15) is 5.00 Å². The number of anilines is 2. The Bertz CT molecular complexity index is 946. The van der Waals surface area contributed by atoms with E-state index in [9.17, 15) is 9.59 Å². The summed E-state index contributed by atoms with van der Waals surface area (Å²) in [6.45, 7) is 0. The van der Waals surface area contributed by atoms with Gasteiger partial charge >= 0.3 is 0 Å². The van der Waals surface area contributed by atoms with Gasteiger partial charge in [-0.25, -0.2) is 0 Å². The summed E-state index contributed by atoms with van der Waals surface area (Å²) in [4.78, 5) is 27.5. The minimum absolute atomic E-state index is 0.151. The van der Waals surface area contributed by atoms with Crippen molar-refractivity contribution in [3.63, 3.8) is 0 Å². The molecule has 0 spiro atoms. The number of rotatable bonds is 4. The first-order valence-electron chi connectivity index (χ1n) is 9.08. The van der Waals surface area contributed by atoms with Crippen LogP contribution in [0.15, 0.2) is 47.8 Å². The summed E-state index contributed by atoms with van der Waals surface area (Å²) >= 11 is 2.95. The van der Waals surface area contributed by atoms with Gasteiger partial charge in [-0.05, 0) is 54.8 Å². The standard InChI is InChI=1S/C21H20N2O2S2/c24-19(17-12-7-13-26-17)23-21-18(15-10-5-2-6-11-16(15)27-21)20(25)22-14-8-3-1-4-9-14/h1,3-4,7-9,12-13H,2,5-6,10-11H2,(H,22,25)(H,23,24). The fourth-order valence-electron chi connectivity index (χ4n) is 3.36. The molecule has 6 heteroatoms. The van der Waals surface area contributed by atoms with Crippen LogP contribution in [0.1, 0.15) is 49.7 Å². The Morgan fingerprint density at radius 1 is 0.852 bits per heavy atom. The van der Waals surface area contributed by atoms with Crippen LogP contribution in [0.5, 0.6) is 0 Å². The van der Waals surface area contributed by atoms with Gasteiger partial charge in [0.25, 0.3) is 11.8 Å². The summed E-state index contributed by atoms with van der Waals surface area (Å²) in [6, 6.07) is 13.1. The number of benzene rings is 1. The summed E-state index contributed by atoms with van der Waals surface area (Å²) in [7, 11) is 0. The molecular formula is C21H20N2O2S2. The molecular weight excluding hydrogens is 376 g/mol. The molecule has 2 amide bonds. The van der Waals surface area contributed by atoms with Crippen LogP contribution >= 0.6 is 22.7 Å². The zero-order valence-electron chi connectivity index (χ0n) is 14.8. The molecule has 0 radical (unpaired) electrons. The van der Waals surface area contributed by atoms with Crippen LogP contribution in [-0.4, -0.2) is 11.8 Å². The molecule has 3 aromatic rings. The number of para-hydroxylation sites is 1. The van der Waals surface area contributed by atoms with Crippen molar-refractivity contribution in [3.8, 4) is 0 Å². The summed E-state index contributed by atoms with van der Waals surface area (Å²) in [5.74, 6) is -0.308. The number of nitrogens with one attached hydrogen (secondary N) is 2. The monoisotopic (exact) mass is 396 g/mol. The van der Waals surface area contributed by atoms with E-state index in [1.54, 1.807) is 17.4 Å². The second-order valence-electron chi connectivity index (χ2n) is 6.52. The Morgan fingerprint density at radius 2 is 1.67 bits per heavy atom. The van der Waals surface area contributed by atoms with Crippen molar-refractivity contribution >= 4 is 45.2 Å². The molecule has 4 rings (SSSR count). The first-order valence-corrected chi connectivity index (χ1v) is 10.8. The highest BCUT2D eigenvalue weighted by atomic mass is 32.1. The lowest BCUT2D eigenvalue weighted by Crippen LogP contribution is -2.17. The van der Waals surface area contributed by atoms with E-state index in [1.807, 2.05) is 41.8 Å². The normalized spacial score (nSPS) is 13.5. The predicted molar refractivity (Wildman–Crippen MR) is 112 cm³/mol. The Morgan fingerprint density at radius 3 is 2.44 bits per heavy atom. The van der Waals surface area contributed by atoms with Crippen molar-refractivity contribution in [1.82, 2.24) is 0 Å². The molecule has 0 atom stereocenters. The highest BCUT2D eigenvalue weighted by Crippen LogP contribution is 2.38. The van der Waals surface area contributed by atoms with E-state index in [2.05, 4.69) is 10.6 Å². The zero-order valence-corrected chi connectivity index (χ0v) is 16.4. The molecule has 1 aliphatic rings. The van der Waals surface area contributed by atoms with Gasteiger partial charge in [-0.1, -0.05) is 30.7 Å². The highest BCUT2D eigenvalue weighted by molar-refractivity contribution is 7.17. The maximum Gasteiger partial charge on any atom is 0.266 e. The van der Waals surface area contributed by atoms with Crippen LogP contribution in [0.3, 0.4) is 0 Å². The van der Waals surface area contributed by atoms with Gasteiger partial charge in [0.05, 0.1) is 10.4 Å². The Labute approximate surface area is 166 Å². The molecule has 0 bridgehead atoms. The van der Waals surface area contributed by atoms with Gasteiger partial charge in [0, 0.05) is 10.6 Å². The van der Waals surface area contributed by atoms with Gasteiger partial charge < -0.3 is 10.6 Å². The number of hydrogen-bond donors (Lipinski definition) is 2. The lowest BCUT2D eigenvalue weighted by Gasteiger charge is -2.10. The van der Waals surface area contributed by atoms with E-state index in [1.165, 1.54) is 22.6 Å². The summed E-state index contributed by atoms with van der Waals surface area (Å²) in [5.41, 5.74) is 2.49. The number of carbonyl (C=O) groups excluding carboxylic acids is 2. The number of aryl methyl sites for hydroxylation is 1. The van der Waals surface area contributed by atoms with Crippen molar-refractivity contribution in [2.45, 2.75) is 32.1 Å². The SMILES string of the molecule is O=C(Nc1sc2c(c1C(=O)Nc1ccccc1)CCCCC2)c1cccs1. The largest absolute Gasteiger partial charge is 0.322 e. The minimum Gasteiger partial charge on any atom is -0.322 e. The number of thiophene rings is 2. The lowest BCUT2D eigenvalue weighted by molar-refractivity contribution is 0.102. The van der Waals surface area contributed by atoms with E-state index in [4.69, 9.17) is 0 Å². The highest BCUT2D eigenvalue weighted by Gasteiger charge is 2.26. The number of carbonyl (C=O) groups is 2. The quantitative estimate of drug-likeness (QED) is 0.565. The Kier molecular flexibility index (Phi) is 5.36. The maximum absolute atomic E-state index is 13.1. The van der Waals surface area contributed by atoms with E-state index >= 15 is 0 Å². The van der Waals surface area contributed by atoms with Crippen molar-refractivity contribution in [2.24, 2.45) is 0 Å². The fraction of sp³-hybridized carbons (Fsp3) is 0.238. The van der Waals surface area contributed by atoms with Crippen molar-refractivity contribution in [1.29, 1.82) is 0 Å². The molecule has 4 nitrogen and oxygen atoms in total. The van der Waals surface area contributed by atoms with Crippen LogP contribution in [0, 0.1) is 0 Å². The molecule has 0 fully saturated rings. The van der Waals surface area contributed by atoms with Crippen molar-refractivity contribution in [2.75, 3.05) is 10.6 Å². The second-order valence-corrected chi connectivity index (χ2v) is 8.57. The molecule has 0 aliphatic heterocycles. The summed E-state index contributed by atoms with van der Waals surface area (Å²) in [5, 5.41) is 8.51. The van der Waals surface area contributed by atoms with Crippen molar-refractivity contribution < 1.29 is 9.59 Å². The summed E-state index contributed by atoms with van der Waals surface area (Å²) in [6.07, 6.45) is 5.25. The minimum atomic E-state index is -0.157. The number of hydrogen-bond acceptors (Lipinski definition) is 4. The van der Waals surface area contributed by atoms with Crippen LogP contribution < -0.4 is 10.6 Å². The Hall–Kier alpha value is -2.44. The first-order chi connectivity index (χ1) is 13.2. The predicted octanol–water partition coefficient (Wildman–Crippen LogP) is 5.58. The van der Waals surface area contributed by atoms with E-state index in [0.717, 1.165) is 36.9 Å². The molecule has 138 valence electrons. The van der Waals surface area contributed by atoms with E-state index in [0.29, 0.717) is 15.4 Å². The molecule has 27 heavy (non-hydrogen) atoms. The zero-order chi connectivity index (χ0) is 18.6. The van der Waals surface area contributed by atoms with Gasteiger partial charge in [-0.3, -0.25) is 9.59 Å². The van der Waals surface area contributed by atoms with Crippen LogP contribution in [-0.2, 0) is 12.8 Å². The second kappa shape index (κ2) is 8.06. The van der Waals surface area contributed by atoms with Crippen LogP contribution in [0.4, 0.5) is 10.7 Å². The lowest BCUT2D eigenvalue weighted by atomic mass is 10.0. The van der Waals surface area contributed by atoms with E-state index in [-0.39, 0.29) is 11.8 Å². The first kappa shape index (κ1) is 17.9. The van der Waals surface area contributed by atoms with Gasteiger partial charge in [0.15, 0.2) is 0 Å². The number of fused-ring (bicyclic) bond motifs is 1. The number of amides is 2. The van der Waals surface area contributed by atoms with Crippen LogP contribution in [0.2, 0.25) is 0 Å². The average Bonchev–Trinajstić information content (AvgIpc) is 3.26. The third-order valence-electron chi connectivity index (χ3n) is 4.65. The molecule has 1 aliphatic carbocycles. The van der Waals surface area contributed by atoms with Gasteiger partial charge in [-0.2, -0.15) is 0 Å². The average molecular weight is 397 g/mol. The molecule has 2 N–H and O–H groups in total. The maximum atomic E-state index is 13.1. The molecule has 0 saturated heterocycles.